The van der Waals surface area contributed by atoms with E-state index in [9.17, 15) is 9.59 Å². The van der Waals surface area contributed by atoms with Crippen LogP contribution in [0.4, 0.5) is 4.79 Å². The van der Waals surface area contributed by atoms with Crippen LogP contribution in [0.5, 0.6) is 0 Å². The van der Waals surface area contributed by atoms with E-state index >= 15 is 0 Å². The van der Waals surface area contributed by atoms with E-state index in [1.807, 2.05) is 0 Å². The number of nitrogens with one attached hydrogen (secondary N) is 1. The summed E-state index contributed by atoms with van der Waals surface area (Å²) in [6.45, 7) is 0.0530. The van der Waals surface area contributed by atoms with Crippen LogP contribution in [-0.2, 0) is 16.1 Å². The van der Waals surface area contributed by atoms with Crippen molar-refractivity contribution in [3.63, 3.8) is 0 Å². The lowest BCUT2D eigenvalue weighted by atomic mass is 10.3. The third kappa shape index (κ3) is 3.29. The molecule has 1 unspecified atom stereocenters. The van der Waals surface area contributed by atoms with Crippen molar-refractivity contribution in [2.24, 2.45) is 0 Å². The highest BCUT2D eigenvalue weighted by atomic mass is 16.5. The molecule has 7 heteroatoms. The molecule has 0 spiro atoms. The van der Waals surface area contributed by atoms with Gasteiger partial charge in [-0.05, 0) is 6.07 Å². The Kier molecular flexibility index (Phi) is 3.67. The average molecular weight is 213 g/mol. The zero-order valence-corrected chi connectivity index (χ0v) is 8.08. The van der Waals surface area contributed by atoms with Gasteiger partial charge in [0, 0.05) is 12.4 Å². The van der Waals surface area contributed by atoms with Gasteiger partial charge in [0.1, 0.15) is 6.04 Å². The first-order chi connectivity index (χ1) is 7.13. The molecule has 1 aromatic heterocycles. The van der Waals surface area contributed by atoms with E-state index in [0.29, 0.717) is 0 Å². The molecule has 7 nitrogen and oxygen atoms in total. The Morgan fingerprint density at radius 1 is 1.67 bits per heavy atom. The molecule has 0 aromatic carbocycles. The summed E-state index contributed by atoms with van der Waals surface area (Å²) in [5.74, 6) is -1.14. The van der Waals surface area contributed by atoms with Crippen LogP contribution in [0.15, 0.2) is 18.5 Å². The van der Waals surface area contributed by atoms with E-state index in [1.165, 1.54) is 18.0 Å². The number of rotatable bonds is 4. The summed E-state index contributed by atoms with van der Waals surface area (Å²) in [6, 6.07) is 0.606. The van der Waals surface area contributed by atoms with Crippen molar-refractivity contribution in [2.75, 3.05) is 7.11 Å². The van der Waals surface area contributed by atoms with E-state index in [1.54, 1.807) is 12.3 Å². The number of carbonyl (C=O) groups excluding carboxylic acids is 1. The number of amides is 1. The van der Waals surface area contributed by atoms with Crippen molar-refractivity contribution in [2.45, 2.75) is 12.6 Å². The van der Waals surface area contributed by atoms with Crippen LogP contribution in [0.1, 0.15) is 0 Å². The van der Waals surface area contributed by atoms with E-state index in [-0.39, 0.29) is 6.54 Å². The lowest BCUT2D eigenvalue weighted by molar-refractivity contribution is -0.139. The molecule has 1 amide bonds. The van der Waals surface area contributed by atoms with Gasteiger partial charge < -0.3 is 15.2 Å². The predicted molar refractivity (Wildman–Crippen MR) is 49.2 cm³/mol. The van der Waals surface area contributed by atoms with Crippen LogP contribution < -0.4 is 5.32 Å². The number of hydrogen-bond donors (Lipinski definition) is 2. The number of hydrogen-bond acceptors (Lipinski definition) is 4. The summed E-state index contributed by atoms with van der Waals surface area (Å²) < 4.78 is 5.72. The second kappa shape index (κ2) is 4.99. The van der Waals surface area contributed by atoms with Gasteiger partial charge in [-0.1, -0.05) is 0 Å². The molecule has 0 aliphatic rings. The topological polar surface area (TPSA) is 93.5 Å². The summed E-state index contributed by atoms with van der Waals surface area (Å²) in [4.78, 5) is 21.6. The number of aliphatic carboxylic acids is 1. The molecule has 0 radical (unpaired) electrons. The summed E-state index contributed by atoms with van der Waals surface area (Å²) >= 11 is 0. The van der Waals surface area contributed by atoms with Gasteiger partial charge in [-0.25, -0.2) is 9.59 Å². The molecule has 0 aliphatic carbocycles. The number of ether oxygens (including phenoxy) is 1. The highest BCUT2D eigenvalue weighted by Crippen LogP contribution is 1.93. The van der Waals surface area contributed by atoms with Gasteiger partial charge in [0.05, 0.1) is 13.7 Å². The minimum atomic E-state index is -1.14. The Balaban J connectivity index is 2.59. The summed E-state index contributed by atoms with van der Waals surface area (Å²) in [5, 5.41) is 14.8. The van der Waals surface area contributed by atoms with E-state index in [4.69, 9.17) is 5.11 Å². The van der Waals surface area contributed by atoms with Gasteiger partial charge in [-0.3, -0.25) is 4.68 Å². The third-order valence-electron chi connectivity index (χ3n) is 1.70. The summed E-state index contributed by atoms with van der Waals surface area (Å²) in [6.07, 6.45) is 2.35. The molecular formula is C8H11N3O4. The zero-order valence-electron chi connectivity index (χ0n) is 8.08. The van der Waals surface area contributed by atoms with Gasteiger partial charge >= 0.3 is 12.1 Å². The van der Waals surface area contributed by atoms with Crippen LogP contribution in [-0.4, -0.2) is 40.1 Å². The fourth-order valence-electron chi connectivity index (χ4n) is 0.982. The predicted octanol–water partition coefficient (Wildman–Crippen LogP) is -0.308. The van der Waals surface area contributed by atoms with Crippen LogP contribution in [0.25, 0.3) is 0 Å². The van der Waals surface area contributed by atoms with Gasteiger partial charge in [0.2, 0.25) is 0 Å². The van der Waals surface area contributed by atoms with Crippen LogP contribution in [0, 0.1) is 0 Å². The first-order valence-corrected chi connectivity index (χ1v) is 4.18. The maximum absolute atomic E-state index is 10.8. The smallest absolute Gasteiger partial charge is 0.407 e. The fourth-order valence-corrected chi connectivity index (χ4v) is 0.982. The monoisotopic (exact) mass is 213 g/mol. The Labute approximate surface area is 85.6 Å². The Morgan fingerprint density at radius 2 is 2.40 bits per heavy atom. The number of alkyl carbamates (subject to hydrolysis) is 1. The molecule has 1 heterocycles. The Hall–Kier alpha value is -2.05. The van der Waals surface area contributed by atoms with Crippen LogP contribution >= 0.6 is 0 Å². The standard InChI is InChI=1S/C8H11N3O4/c1-15-8(14)10-6(7(12)13)5-11-4-2-3-9-11/h2-4,6H,5H2,1H3,(H,10,14)(H,12,13). The van der Waals surface area contributed by atoms with Crippen LogP contribution in [0.2, 0.25) is 0 Å². The molecule has 1 aromatic rings. The molecule has 0 fully saturated rings. The Bertz CT molecular complexity index is 336. The molecule has 0 bridgehead atoms. The quantitative estimate of drug-likeness (QED) is 0.715. The molecule has 0 saturated carbocycles. The minimum Gasteiger partial charge on any atom is -0.480 e. The highest BCUT2D eigenvalue weighted by Gasteiger charge is 2.20. The van der Waals surface area contributed by atoms with Gasteiger partial charge in [0.15, 0.2) is 0 Å². The minimum absolute atomic E-state index is 0.0530. The molecule has 1 rings (SSSR count). The fraction of sp³-hybridized carbons (Fsp3) is 0.375. The number of carboxylic acid groups (broad SMARTS) is 1. The average Bonchev–Trinajstić information content (AvgIpc) is 2.69. The first-order valence-electron chi connectivity index (χ1n) is 4.18. The van der Waals surface area contributed by atoms with E-state index in [0.717, 1.165) is 0 Å². The number of carboxylic acids is 1. The van der Waals surface area contributed by atoms with E-state index in [2.05, 4.69) is 15.2 Å². The molecule has 1 atom stereocenters. The van der Waals surface area contributed by atoms with Crippen molar-refractivity contribution >= 4 is 12.1 Å². The van der Waals surface area contributed by atoms with Gasteiger partial charge in [-0.2, -0.15) is 5.10 Å². The van der Waals surface area contributed by atoms with Crippen molar-refractivity contribution in [1.29, 1.82) is 0 Å². The van der Waals surface area contributed by atoms with Crippen molar-refractivity contribution in [3.8, 4) is 0 Å². The van der Waals surface area contributed by atoms with Crippen molar-refractivity contribution in [3.05, 3.63) is 18.5 Å². The Morgan fingerprint density at radius 3 is 2.87 bits per heavy atom. The van der Waals surface area contributed by atoms with Crippen molar-refractivity contribution in [1.82, 2.24) is 15.1 Å². The zero-order chi connectivity index (χ0) is 11.3. The molecule has 2 N–H and O–H groups in total. The highest BCUT2D eigenvalue weighted by molar-refractivity contribution is 5.79. The van der Waals surface area contributed by atoms with Crippen molar-refractivity contribution < 1.29 is 19.4 Å². The van der Waals surface area contributed by atoms with Crippen LogP contribution in [0.3, 0.4) is 0 Å². The lowest BCUT2D eigenvalue weighted by Gasteiger charge is -2.13. The SMILES string of the molecule is COC(=O)NC(Cn1cccn1)C(=O)O. The normalized spacial score (nSPS) is 11.8. The second-order valence-corrected chi connectivity index (χ2v) is 2.75. The number of aromatic nitrogens is 2. The maximum atomic E-state index is 10.8. The molecule has 82 valence electrons. The molecule has 0 aliphatic heterocycles. The van der Waals surface area contributed by atoms with Gasteiger partial charge in [-0.15, -0.1) is 0 Å². The molecular weight excluding hydrogens is 202 g/mol. The summed E-state index contributed by atoms with van der Waals surface area (Å²) in [5.41, 5.74) is 0. The number of nitrogens with zero attached hydrogens (tertiary/aromatic N) is 2. The second-order valence-electron chi connectivity index (χ2n) is 2.75. The molecule has 15 heavy (non-hydrogen) atoms. The third-order valence-corrected chi connectivity index (χ3v) is 1.70. The largest absolute Gasteiger partial charge is 0.480 e. The maximum Gasteiger partial charge on any atom is 0.407 e. The van der Waals surface area contributed by atoms with Gasteiger partial charge in [0.25, 0.3) is 0 Å². The number of methoxy groups -OCH3 is 1. The van der Waals surface area contributed by atoms with E-state index < -0.39 is 18.1 Å². The molecule has 0 saturated heterocycles. The number of carbonyl (C=O) groups is 2. The first kappa shape index (κ1) is 11.0. The lowest BCUT2D eigenvalue weighted by Crippen LogP contribution is -2.43. The summed E-state index contributed by atoms with van der Waals surface area (Å²) in [7, 11) is 1.17.